The van der Waals surface area contributed by atoms with Gasteiger partial charge in [0.25, 0.3) is 0 Å². The highest BCUT2D eigenvalue weighted by atomic mass is 32.2. The molecular weight excluding hydrogens is 310 g/mol. The number of anilines is 1. The van der Waals surface area contributed by atoms with Crippen molar-refractivity contribution in [1.29, 1.82) is 0 Å². The number of nitrogens with zero attached hydrogens (tertiary/aromatic N) is 2. The maximum absolute atomic E-state index is 4.23. The van der Waals surface area contributed by atoms with E-state index in [9.17, 15) is 0 Å². The summed E-state index contributed by atoms with van der Waals surface area (Å²) < 4.78 is 0.996. The SMILES string of the molecule is Cc1ccc(CSc2nnc(NCc3ccccc3)s2)cc1. The number of hydrogen-bond donors (Lipinski definition) is 1. The van der Waals surface area contributed by atoms with Gasteiger partial charge in [-0.2, -0.15) is 0 Å². The Bertz CT molecular complexity index is 708. The molecular formula is C17H17N3S2. The Morgan fingerprint density at radius 3 is 2.50 bits per heavy atom. The van der Waals surface area contributed by atoms with Gasteiger partial charge in [0.05, 0.1) is 0 Å². The lowest BCUT2D eigenvalue weighted by molar-refractivity contribution is 0.995. The van der Waals surface area contributed by atoms with Crippen LogP contribution in [0.4, 0.5) is 5.13 Å². The molecule has 0 unspecified atom stereocenters. The first-order valence-corrected chi connectivity index (χ1v) is 8.89. The molecule has 2 aromatic carbocycles. The molecule has 0 saturated carbocycles. The second-order valence-corrected chi connectivity index (χ2v) is 7.19. The molecule has 0 bridgehead atoms. The summed E-state index contributed by atoms with van der Waals surface area (Å²) in [5.41, 5.74) is 3.84. The van der Waals surface area contributed by atoms with E-state index in [1.165, 1.54) is 16.7 Å². The fourth-order valence-electron chi connectivity index (χ4n) is 1.94. The molecule has 0 amide bonds. The molecule has 1 N–H and O–H groups in total. The molecule has 0 saturated heterocycles. The molecule has 0 aliphatic carbocycles. The summed E-state index contributed by atoms with van der Waals surface area (Å²) in [6, 6.07) is 18.9. The minimum atomic E-state index is 0.776. The van der Waals surface area contributed by atoms with Crippen LogP contribution >= 0.6 is 23.1 Å². The third kappa shape index (κ3) is 4.32. The number of aryl methyl sites for hydroxylation is 1. The van der Waals surface area contributed by atoms with Crippen LogP contribution in [0.25, 0.3) is 0 Å². The van der Waals surface area contributed by atoms with Gasteiger partial charge in [0.2, 0.25) is 5.13 Å². The normalized spacial score (nSPS) is 10.6. The largest absolute Gasteiger partial charge is 0.356 e. The van der Waals surface area contributed by atoms with E-state index < -0.39 is 0 Å². The van der Waals surface area contributed by atoms with E-state index in [1.807, 2.05) is 18.2 Å². The molecule has 0 spiro atoms. The average Bonchev–Trinajstić information content (AvgIpc) is 3.01. The maximum atomic E-state index is 4.23. The van der Waals surface area contributed by atoms with Crippen LogP contribution in [0.2, 0.25) is 0 Å². The predicted molar refractivity (Wildman–Crippen MR) is 94.4 cm³/mol. The topological polar surface area (TPSA) is 37.8 Å². The van der Waals surface area contributed by atoms with Crippen molar-refractivity contribution in [2.45, 2.75) is 23.6 Å². The number of benzene rings is 2. The molecule has 0 aliphatic heterocycles. The summed E-state index contributed by atoms with van der Waals surface area (Å²) in [5.74, 6) is 0.924. The highest BCUT2D eigenvalue weighted by Gasteiger charge is 2.05. The summed E-state index contributed by atoms with van der Waals surface area (Å²) >= 11 is 3.33. The third-order valence-electron chi connectivity index (χ3n) is 3.18. The van der Waals surface area contributed by atoms with Gasteiger partial charge in [0, 0.05) is 12.3 Å². The van der Waals surface area contributed by atoms with Gasteiger partial charge in [-0.15, -0.1) is 10.2 Å². The van der Waals surface area contributed by atoms with Crippen LogP contribution in [0.1, 0.15) is 16.7 Å². The monoisotopic (exact) mass is 327 g/mol. The summed E-state index contributed by atoms with van der Waals surface area (Å²) in [5, 5.41) is 12.6. The van der Waals surface area contributed by atoms with E-state index in [-0.39, 0.29) is 0 Å². The molecule has 3 nitrogen and oxygen atoms in total. The minimum absolute atomic E-state index is 0.776. The van der Waals surface area contributed by atoms with Crippen molar-refractivity contribution in [3.8, 4) is 0 Å². The number of hydrogen-bond acceptors (Lipinski definition) is 5. The minimum Gasteiger partial charge on any atom is -0.356 e. The van der Waals surface area contributed by atoms with Crippen LogP contribution in [0.5, 0.6) is 0 Å². The molecule has 5 heteroatoms. The highest BCUT2D eigenvalue weighted by molar-refractivity contribution is 8.00. The Morgan fingerprint density at radius 1 is 0.955 bits per heavy atom. The van der Waals surface area contributed by atoms with Gasteiger partial charge in [-0.25, -0.2) is 0 Å². The molecule has 3 aromatic rings. The molecule has 1 aromatic heterocycles. The average molecular weight is 327 g/mol. The van der Waals surface area contributed by atoms with Crippen LogP contribution in [0, 0.1) is 6.92 Å². The Balaban J connectivity index is 1.51. The Kier molecular flexibility index (Phi) is 5.08. The Labute approximate surface area is 138 Å². The Hall–Kier alpha value is -1.85. The fourth-order valence-corrected chi connectivity index (χ4v) is 3.65. The van der Waals surface area contributed by atoms with Crippen LogP contribution in [0.15, 0.2) is 58.9 Å². The van der Waals surface area contributed by atoms with E-state index in [2.05, 4.69) is 58.8 Å². The molecule has 0 fully saturated rings. The standard InChI is InChI=1S/C17H17N3S2/c1-13-7-9-15(10-8-13)12-21-17-20-19-16(22-17)18-11-14-5-3-2-4-6-14/h2-10H,11-12H2,1H3,(H,18,19). The van der Waals surface area contributed by atoms with Crippen LogP contribution < -0.4 is 5.32 Å². The molecule has 1 heterocycles. The van der Waals surface area contributed by atoms with Crippen molar-refractivity contribution in [3.05, 3.63) is 71.3 Å². The van der Waals surface area contributed by atoms with Gasteiger partial charge in [-0.05, 0) is 18.1 Å². The second kappa shape index (κ2) is 7.42. The maximum Gasteiger partial charge on any atom is 0.206 e. The van der Waals surface area contributed by atoms with Crippen molar-refractivity contribution in [3.63, 3.8) is 0 Å². The third-order valence-corrected chi connectivity index (χ3v) is 5.26. The van der Waals surface area contributed by atoms with E-state index in [0.717, 1.165) is 21.8 Å². The number of nitrogens with one attached hydrogen (secondary N) is 1. The molecule has 22 heavy (non-hydrogen) atoms. The lowest BCUT2D eigenvalue weighted by atomic mass is 10.2. The first kappa shape index (κ1) is 15.1. The quantitative estimate of drug-likeness (QED) is 0.663. The van der Waals surface area contributed by atoms with Gasteiger partial charge in [-0.3, -0.25) is 0 Å². The van der Waals surface area contributed by atoms with Crippen LogP contribution in [-0.4, -0.2) is 10.2 Å². The van der Waals surface area contributed by atoms with Crippen molar-refractivity contribution in [1.82, 2.24) is 10.2 Å². The fraction of sp³-hybridized carbons (Fsp3) is 0.176. The van der Waals surface area contributed by atoms with E-state index >= 15 is 0 Å². The summed E-state index contributed by atoms with van der Waals surface area (Å²) in [7, 11) is 0. The zero-order valence-electron chi connectivity index (χ0n) is 12.3. The van der Waals surface area contributed by atoms with E-state index in [4.69, 9.17) is 0 Å². The van der Waals surface area contributed by atoms with Crippen molar-refractivity contribution >= 4 is 28.2 Å². The van der Waals surface area contributed by atoms with Gasteiger partial charge in [-0.1, -0.05) is 83.3 Å². The van der Waals surface area contributed by atoms with Crippen molar-refractivity contribution in [2.75, 3.05) is 5.32 Å². The van der Waals surface area contributed by atoms with Gasteiger partial charge in [0.15, 0.2) is 4.34 Å². The lowest BCUT2D eigenvalue weighted by Crippen LogP contribution is -1.98. The summed E-state index contributed by atoms with van der Waals surface area (Å²) in [6.45, 7) is 2.88. The highest BCUT2D eigenvalue weighted by Crippen LogP contribution is 2.28. The number of rotatable bonds is 6. The van der Waals surface area contributed by atoms with Crippen molar-refractivity contribution in [2.24, 2.45) is 0 Å². The van der Waals surface area contributed by atoms with E-state index in [1.54, 1.807) is 23.1 Å². The molecule has 0 aliphatic rings. The summed E-state index contributed by atoms with van der Waals surface area (Å²) in [6.07, 6.45) is 0. The second-order valence-electron chi connectivity index (χ2n) is 4.99. The Morgan fingerprint density at radius 2 is 1.73 bits per heavy atom. The lowest BCUT2D eigenvalue weighted by Gasteiger charge is -2.01. The first-order chi connectivity index (χ1) is 10.8. The molecule has 0 atom stereocenters. The van der Waals surface area contributed by atoms with Crippen molar-refractivity contribution < 1.29 is 0 Å². The van der Waals surface area contributed by atoms with Crippen LogP contribution in [0.3, 0.4) is 0 Å². The predicted octanol–water partition coefficient (Wildman–Crippen LogP) is 4.75. The van der Waals surface area contributed by atoms with Crippen LogP contribution in [-0.2, 0) is 12.3 Å². The molecule has 3 rings (SSSR count). The summed E-state index contributed by atoms with van der Waals surface area (Å²) in [4.78, 5) is 0. The van der Waals surface area contributed by atoms with Gasteiger partial charge in [0.1, 0.15) is 0 Å². The zero-order chi connectivity index (χ0) is 15.2. The zero-order valence-corrected chi connectivity index (χ0v) is 14.0. The smallest absolute Gasteiger partial charge is 0.206 e. The number of thioether (sulfide) groups is 1. The first-order valence-electron chi connectivity index (χ1n) is 7.09. The molecule has 0 radical (unpaired) electrons. The van der Waals surface area contributed by atoms with E-state index in [0.29, 0.717) is 0 Å². The molecule has 112 valence electrons. The van der Waals surface area contributed by atoms with Gasteiger partial charge < -0.3 is 5.32 Å². The van der Waals surface area contributed by atoms with Gasteiger partial charge >= 0.3 is 0 Å². The number of aromatic nitrogens is 2.